The normalized spacial score (nSPS) is 16.8. The van der Waals surface area contributed by atoms with Crippen molar-refractivity contribution in [3.05, 3.63) is 46.5 Å². The summed E-state index contributed by atoms with van der Waals surface area (Å²) in [6.45, 7) is 1.38. The molecule has 1 aromatic heterocycles. The van der Waals surface area contributed by atoms with E-state index in [1.807, 2.05) is 18.2 Å². The Kier molecular flexibility index (Phi) is 4.12. The minimum absolute atomic E-state index is 0.312. The Labute approximate surface area is 127 Å². The zero-order chi connectivity index (χ0) is 14.7. The number of hydrogen-bond donors (Lipinski definition) is 2. The van der Waals surface area contributed by atoms with Crippen LogP contribution in [0.5, 0.6) is 0 Å². The van der Waals surface area contributed by atoms with Crippen molar-refractivity contribution in [2.45, 2.75) is 18.8 Å². The Morgan fingerprint density at radius 2 is 1.95 bits per heavy atom. The summed E-state index contributed by atoms with van der Waals surface area (Å²) >= 11 is 4.96. The van der Waals surface area contributed by atoms with Gasteiger partial charge in [-0.3, -0.25) is 10.2 Å². The lowest BCUT2D eigenvalue weighted by molar-refractivity contribution is -0.122. The molecular weight excluding hydrogens is 288 g/mol. The highest BCUT2D eigenvalue weighted by Gasteiger charge is 2.25. The lowest BCUT2D eigenvalue weighted by Crippen LogP contribution is -2.35. The van der Waals surface area contributed by atoms with Gasteiger partial charge in [-0.2, -0.15) is 0 Å². The van der Waals surface area contributed by atoms with Gasteiger partial charge in [0.05, 0.1) is 5.56 Å². The maximum Gasteiger partial charge on any atom is 0.357 e. The lowest BCUT2D eigenvalue weighted by Gasteiger charge is -2.29. The van der Waals surface area contributed by atoms with Crippen LogP contribution in [0, 0.1) is 4.77 Å². The van der Waals surface area contributed by atoms with E-state index in [0.717, 1.165) is 18.7 Å². The number of hydroxylamine groups is 2. The number of carbonyl (C=O) groups is 1. The van der Waals surface area contributed by atoms with Crippen LogP contribution < -0.4 is 0 Å². The number of aromatic amines is 2. The van der Waals surface area contributed by atoms with Gasteiger partial charge in [0.25, 0.3) is 0 Å². The summed E-state index contributed by atoms with van der Waals surface area (Å²) in [6.07, 6.45) is 1.75. The number of rotatable bonds is 3. The number of hydrogen-bond acceptors (Lipinski definition) is 5. The molecule has 1 aromatic carbocycles. The van der Waals surface area contributed by atoms with E-state index in [4.69, 9.17) is 17.1 Å². The Balaban J connectivity index is 1.54. The Morgan fingerprint density at radius 3 is 2.57 bits per heavy atom. The van der Waals surface area contributed by atoms with Gasteiger partial charge in [0.2, 0.25) is 4.77 Å². The van der Waals surface area contributed by atoms with Gasteiger partial charge < -0.3 is 4.84 Å². The highest BCUT2D eigenvalue weighted by atomic mass is 32.1. The molecule has 2 heterocycles. The van der Waals surface area contributed by atoms with E-state index < -0.39 is 0 Å². The van der Waals surface area contributed by atoms with Crippen molar-refractivity contribution >= 4 is 18.2 Å². The summed E-state index contributed by atoms with van der Waals surface area (Å²) in [6, 6.07) is 9.01. The van der Waals surface area contributed by atoms with Crippen molar-refractivity contribution in [1.82, 2.24) is 20.2 Å². The Morgan fingerprint density at radius 1 is 1.24 bits per heavy atom. The number of H-pyrrole nitrogens is 2. The predicted octanol–water partition coefficient (Wildman–Crippen LogP) is 2.42. The van der Waals surface area contributed by atoms with E-state index in [9.17, 15) is 4.79 Å². The molecule has 1 saturated heterocycles. The summed E-state index contributed by atoms with van der Waals surface area (Å²) in [5, 5.41) is 7.52. The molecule has 0 atom stereocenters. The van der Waals surface area contributed by atoms with Crippen LogP contribution in [0.3, 0.4) is 0 Å². The molecule has 110 valence electrons. The van der Waals surface area contributed by atoms with E-state index in [0.29, 0.717) is 29.3 Å². The molecule has 6 nitrogen and oxygen atoms in total. The topological polar surface area (TPSA) is 74.0 Å². The third-order valence-electron chi connectivity index (χ3n) is 3.58. The van der Waals surface area contributed by atoms with E-state index in [-0.39, 0.29) is 5.97 Å². The average molecular weight is 304 g/mol. The van der Waals surface area contributed by atoms with Crippen LogP contribution in [-0.2, 0) is 4.84 Å². The molecule has 0 radical (unpaired) electrons. The molecule has 1 fully saturated rings. The van der Waals surface area contributed by atoms with Crippen LogP contribution in [0.15, 0.2) is 30.3 Å². The minimum atomic E-state index is -0.312. The minimum Gasteiger partial charge on any atom is -0.364 e. The van der Waals surface area contributed by atoms with E-state index in [1.54, 1.807) is 17.2 Å². The van der Waals surface area contributed by atoms with Crippen LogP contribution in [0.2, 0.25) is 0 Å². The molecule has 0 saturated carbocycles. The predicted molar refractivity (Wildman–Crippen MR) is 79.2 cm³/mol. The first-order chi connectivity index (χ1) is 10.2. The molecule has 0 unspecified atom stereocenters. The Bertz CT molecular complexity index is 659. The molecule has 3 rings (SSSR count). The molecule has 0 amide bonds. The van der Waals surface area contributed by atoms with Crippen LogP contribution >= 0.6 is 12.2 Å². The first-order valence-electron chi connectivity index (χ1n) is 6.89. The summed E-state index contributed by atoms with van der Waals surface area (Å²) in [5.74, 6) is 0.895. The first kappa shape index (κ1) is 14.0. The number of carbonyl (C=O) groups excluding carboxylic acids is 1. The maximum absolute atomic E-state index is 12.0. The van der Waals surface area contributed by atoms with Crippen molar-refractivity contribution in [3.8, 4) is 0 Å². The van der Waals surface area contributed by atoms with Gasteiger partial charge in [-0.05, 0) is 37.2 Å². The number of benzene rings is 1. The molecule has 7 heteroatoms. The zero-order valence-electron chi connectivity index (χ0n) is 11.4. The van der Waals surface area contributed by atoms with Gasteiger partial charge in [-0.1, -0.05) is 18.2 Å². The van der Waals surface area contributed by atoms with E-state index in [1.165, 1.54) is 0 Å². The highest BCUT2D eigenvalue weighted by Crippen LogP contribution is 2.25. The van der Waals surface area contributed by atoms with Crippen molar-refractivity contribution in [1.29, 1.82) is 0 Å². The monoisotopic (exact) mass is 304 g/mol. The third-order valence-corrected chi connectivity index (χ3v) is 3.77. The fourth-order valence-corrected chi connectivity index (χ4v) is 2.59. The van der Waals surface area contributed by atoms with Gasteiger partial charge in [0.1, 0.15) is 5.82 Å². The fraction of sp³-hybridized carbons (Fsp3) is 0.357. The van der Waals surface area contributed by atoms with Gasteiger partial charge >= 0.3 is 5.97 Å². The largest absolute Gasteiger partial charge is 0.364 e. The van der Waals surface area contributed by atoms with Crippen LogP contribution in [0.4, 0.5) is 0 Å². The quantitative estimate of drug-likeness (QED) is 0.852. The smallest absolute Gasteiger partial charge is 0.357 e. The molecule has 2 N–H and O–H groups in total. The highest BCUT2D eigenvalue weighted by molar-refractivity contribution is 7.71. The maximum atomic E-state index is 12.0. The second-order valence-electron chi connectivity index (χ2n) is 5.00. The molecule has 1 aliphatic rings. The molecular formula is C14H16N4O2S. The molecule has 21 heavy (non-hydrogen) atoms. The second kappa shape index (κ2) is 6.19. The number of nitrogens with one attached hydrogen (secondary N) is 2. The van der Waals surface area contributed by atoms with Crippen LogP contribution in [0.1, 0.15) is 34.9 Å². The van der Waals surface area contributed by atoms with Crippen molar-refractivity contribution < 1.29 is 9.63 Å². The van der Waals surface area contributed by atoms with Crippen LogP contribution in [0.25, 0.3) is 0 Å². The number of aromatic nitrogens is 3. The standard InChI is InChI=1S/C14H16N4O2S/c19-13(11-4-2-1-3-5-11)20-18-8-6-10(7-9-18)12-15-14(21)17-16-12/h1-5,10H,6-9H2,(H2,15,16,17,21). The fourth-order valence-electron chi connectivity index (χ4n) is 2.44. The molecule has 0 bridgehead atoms. The van der Waals surface area contributed by atoms with E-state index in [2.05, 4.69) is 15.2 Å². The molecule has 2 aromatic rings. The second-order valence-corrected chi connectivity index (χ2v) is 5.39. The summed E-state index contributed by atoms with van der Waals surface area (Å²) in [4.78, 5) is 21.6. The van der Waals surface area contributed by atoms with E-state index >= 15 is 0 Å². The third kappa shape index (κ3) is 3.37. The van der Waals surface area contributed by atoms with Crippen molar-refractivity contribution in [2.75, 3.05) is 13.1 Å². The SMILES string of the molecule is O=C(ON1CCC(c2nc(=S)[nH][nH]2)CC1)c1ccccc1. The van der Waals surface area contributed by atoms with Gasteiger partial charge in [-0.25, -0.2) is 9.78 Å². The lowest BCUT2D eigenvalue weighted by atomic mass is 9.97. The molecule has 0 spiro atoms. The molecule has 1 aliphatic heterocycles. The van der Waals surface area contributed by atoms with Gasteiger partial charge in [-0.15, -0.1) is 5.06 Å². The average Bonchev–Trinajstić information content (AvgIpc) is 2.95. The van der Waals surface area contributed by atoms with Crippen LogP contribution in [-0.4, -0.2) is 39.3 Å². The van der Waals surface area contributed by atoms with Gasteiger partial charge in [0.15, 0.2) is 0 Å². The summed E-state index contributed by atoms with van der Waals surface area (Å²) in [7, 11) is 0. The van der Waals surface area contributed by atoms with Crippen molar-refractivity contribution in [3.63, 3.8) is 0 Å². The summed E-state index contributed by atoms with van der Waals surface area (Å²) < 4.78 is 0.475. The number of piperidine rings is 1. The summed E-state index contributed by atoms with van der Waals surface area (Å²) in [5.41, 5.74) is 0.566. The Hall–Kier alpha value is -1.99. The molecule has 0 aliphatic carbocycles. The zero-order valence-corrected chi connectivity index (χ0v) is 12.2. The van der Waals surface area contributed by atoms with Crippen molar-refractivity contribution in [2.24, 2.45) is 0 Å². The number of nitrogens with zero attached hydrogens (tertiary/aromatic N) is 2. The first-order valence-corrected chi connectivity index (χ1v) is 7.30. The van der Waals surface area contributed by atoms with Gasteiger partial charge in [0, 0.05) is 19.0 Å².